The molecule has 0 saturated heterocycles. The van der Waals surface area contributed by atoms with Crippen molar-refractivity contribution in [1.29, 1.82) is 0 Å². The Morgan fingerprint density at radius 1 is 0.971 bits per heavy atom. The van der Waals surface area contributed by atoms with Gasteiger partial charge in [-0.05, 0) is 41.5 Å². The van der Waals surface area contributed by atoms with Gasteiger partial charge in [0.1, 0.15) is 12.6 Å². The summed E-state index contributed by atoms with van der Waals surface area (Å²) >= 11 is 0. The second-order valence-corrected chi connectivity index (χ2v) is 9.13. The highest BCUT2D eigenvalue weighted by atomic mass is 16.5. The lowest BCUT2D eigenvalue weighted by Crippen LogP contribution is -2.50. The number of ether oxygens (including phenoxy) is 1. The molecule has 7 heteroatoms. The maximum absolute atomic E-state index is 12.9. The largest absolute Gasteiger partial charge is 0.480 e. The number of alkyl carbamates (subject to hydrolysis) is 1. The molecular formula is C27H32N2O5. The number of aliphatic carboxylic acids is 1. The number of benzene rings is 2. The van der Waals surface area contributed by atoms with E-state index in [1.54, 1.807) is 6.92 Å². The molecular weight excluding hydrogens is 432 g/mol. The van der Waals surface area contributed by atoms with Gasteiger partial charge in [-0.1, -0.05) is 74.7 Å². The lowest BCUT2D eigenvalue weighted by Gasteiger charge is -2.26. The molecule has 4 rings (SSSR count). The Kier molecular flexibility index (Phi) is 7.50. The molecule has 34 heavy (non-hydrogen) atoms. The van der Waals surface area contributed by atoms with Crippen LogP contribution in [0.3, 0.4) is 0 Å². The summed E-state index contributed by atoms with van der Waals surface area (Å²) in [6.45, 7) is 1.93. The lowest BCUT2D eigenvalue weighted by molar-refractivity contribution is -0.142. The second kappa shape index (κ2) is 10.7. The first-order chi connectivity index (χ1) is 16.5. The van der Waals surface area contributed by atoms with Crippen molar-refractivity contribution in [3.8, 4) is 11.1 Å². The van der Waals surface area contributed by atoms with Crippen molar-refractivity contribution in [3.63, 3.8) is 0 Å². The number of nitrogens with one attached hydrogen (secondary N) is 2. The topological polar surface area (TPSA) is 105 Å². The molecule has 0 heterocycles. The molecule has 2 aromatic rings. The summed E-state index contributed by atoms with van der Waals surface area (Å²) in [5.74, 6) is -1.88. The van der Waals surface area contributed by atoms with E-state index in [2.05, 4.69) is 34.9 Å². The summed E-state index contributed by atoms with van der Waals surface area (Å²) in [5.41, 5.74) is 4.61. The number of hydrogen-bond donors (Lipinski definition) is 3. The van der Waals surface area contributed by atoms with Crippen LogP contribution in [0.5, 0.6) is 0 Å². The van der Waals surface area contributed by atoms with E-state index in [-0.39, 0.29) is 24.5 Å². The van der Waals surface area contributed by atoms with E-state index in [0.29, 0.717) is 19.3 Å². The van der Waals surface area contributed by atoms with Gasteiger partial charge in [0.05, 0.1) is 5.92 Å². The van der Waals surface area contributed by atoms with E-state index in [4.69, 9.17) is 4.74 Å². The number of amides is 2. The fourth-order valence-electron chi connectivity index (χ4n) is 5.20. The molecule has 0 radical (unpaired) electrons. The Hall–Kier alpha value is -3.35. The molecule has 180 valence electrons. The van der Waals surface area contributed by atoms with Crippen molar-refractivity contribution in [2.45, 2.75) is 63.5 Å². The van der Waals surface area contributed by atoms with Crippen LogP contribution >= 0.6 is 0 Å². The van der Waals surface area contributed by atoms with Gasteiger partial charge in [-0.2, -0.15) is 0 Å². The first-order valence-electron chi connectivity index (χ1n) is 12.1. The number of carbonyl (C=O) groups excluding carboxylic acids is 2. The number of carboxylic acids is 1. The van der Waals surface area contributed by atoms with Crippen LogP contribution in [-0.4, -0.2) is 41.8 Å². The number of rotatable bonds is 7. The highest BCUT2D eigenvalue weighted by Crippen LogP contribution is 2.44. The molecule has 0 spiro atoms. The normalized spacial score (nSPS) is 20.4. The van der Waals surface area contributed by atoms with Gasteiger partial charge >= 0.3 is 12.1 Å². The van der Waals surface area contributed by atoms with Gasteiger partial charge in [0.25, 0.3) is 0 Å². The molecule has 2 aromatic carbocycles. The van der Waals surface area contributed by atoms with E-state index >= 15 is 0 Å². The van der Waals surface area contributed by atoms with Crippen molar-refractivity contribution >= 4 is 18.0 Å². The molecule has 1 fully saturated rings. The minimum atomic E-state index is -1.05. The van der Waals surface area contributed by atoms with Crippen molar-refractivity contribution in [2.75, 3.05) is 6.61 Å². The third-order valence-electron chi connectivity index (χ3n) is 7.02. The predicted octanol–water partition coefficient (Wildman–Crippen LogP) is 4.45. The highest BCUT2D eigenvalue weighted by molar-refractivity contribution is 5.86. The lowest BCUT2D eigenvalue weighted by atomic mass is 9.93. The summed E-state index contributed by atoms with van der Waals surface area (Å²) in [6, 6.07) is 15.0. The summed E-state index contributed by atoms with van der Waals surface area (Å²) in [5, 5.41) is 14.8. The van der Waals surface area contributed by atoms with Gasteiger partial charge in [0, 0.05) is 12.0 Å². The van der Waals surface area contributed by atoms with Crippen molar-refractivity contribution in [3.05, 3.63) is 59.7 Å². The first-order valence-corrected chi connectivity index (χ1v) is 12.1. The van der Waals surface area contributed by atoms with Crippen molar-refractivity contribution in [2.24, 2.45) is 5.92 Å². The maximum atomic E-state index is 12.9. The fourth-order valence-corrected chi connectivity index (χ4v) is 5.20. The average molecular weight is 465 g/mol. The molecule has 2 aliphatic carbocycles. The Balaban J connectivity index is 1.41. The van der Waals surface area contributed by atoms with Crippen molar-refractivity contribution < 1.29 is 24.2 Å². The van der Waals surface area contributed by atoms with Gasteiger partial charge in [0.15, 0.2) is 0 Å². The molecule has 2 aliphatic rings. The summed E-state index contributed by atoms with van der Waals surface area (Å²) in [7, 11) is 0. The number of carbonyl (C=O) groups is 3. The predicted molar refractivity (Wildman–Crippen MR) is 128 cm³/mol. The molecule has 3 atom stereocenters. The van der Waals surface area contributed by atoms with Gasteiger partial charge < -0.3 is 20.5 Å². The number of fused-ring (bicyclic) bond motifs is 3. The van der Waals surface area contributed by atoms with Crippen LogP contribution in [0.1, 0.15) is 62.5 Å². The average Bonchev–Trinajstić information content (AvgIpc) is 2.97. The Morgan fingerprint density at radius 3 is 2.21 bits per heavy atom. The number of carboxylic acid groups (broad SMARTS) is 1. The minimum Gasteiger partial charge on any atom is -0.480 e. The molecule has 0 aliphatic heterocycles. The first kappa shape index (κ1) is 23.8. The van der Waals surface area contributed by atoms with Crippen molar-refractivity contribution in [1.82, 2.24) is 10.6 Å². The smallest absolute Gasteiger partial charge is 0.407 e. The van der Waals surface area contributed by atoms with Crippen LogP contribution in [0.25, 0.3) is 11.1 Å². The zero-order valence-electron chi connectivity index (χ0n) is 19.5. The molecule has 2 unspecified atom stereocenters. The quantitative estimate of drug-likeness (QED) is 0.525. The van der Waals surface area contributed by atoms with E-state index in [9.17, 15) is 19.5 Å². The van der Waals surface area contributed by atoms with E-state index in [1.165, 1.54) is 0 Å². The van der Waals surface area contributed by atoms with Crippen LogP contribution in [-0.2, 0) is 14.3 Å². The standard InChI is InChI=1S/C27H32N2O5/c1-2-23(26(31)32)28-25(30)21-14-4-3-5-15-24(21)29-27(33)34-16-22-19-12-8-6-10-17(19)18-11-7-9-13-20(18)22/h6-13,21-24H,2-5,14-16H2,1H3,(H,28,30)(H,29,33)(H,31,32)/t21?,23-,24?/m0/s1. The van der Waals surface area contributed by atoms with E-state index in [0.717, 1.165) is 41.5 Å². The van der Waals surface area contributed by atoms with E-state index in [1.807, 2.05) is 24.3 Å². The number of hydrogen-bond acceptors (Lipinski definition) is 4. The zero-order valence-corrected chi connectivity index (χ0v) is 19.5. The molecule has 3 N–H and O–H groups in total. The van der Waals surface area contributed by atoms with Crippen LogP contribution in [0, 0.1) is 5.92 Å². The van der Waals surface area contributed by atoms with Gasteiger partial charge in [-0.3, -0.25) is 4.79 Å². The van der Waals surface area contributed by atoms with Gasteiger partial charge in [-0.15, -0.1) is 0 Å². The monoisotopic (exact) mass is 464 g/mol. The SMILES string of the molecule is CC[C@H](NC(=O)C1CCCCCC1NC(=O)OCC1c2ccccc2-c2ccccc21)C(=O)O. The summed E-state index contributed by atoms with van der Waals surface area (Å²) < 4.78 is 5.68. The molecule has 0 bridgehead atoms. The summed E-state index contributed by atoms with van der Waals surface area (Å²) in [6.07, 6.45) is 3.76. The Labute approximate surface area is 199 Å². The third kappa shape index (κ3) is 5.08. The van der Waals surface area contributed by atoms with Crippen LogP contribution in [0.15, 0.2) is 48.5 Å². The van der Waals surface area contributed by atoms with Gasteiger partial charge in [0.2, 0.25) is 5.91 Å². The molecule has 0 aromatic heterocycles. The summed E-state index contributed by atoms with van der Waals surface area (Å²) in [4.78, 5) is 37.0. The molecule has 7 nitrogen and oxygen atoms in total. The molecule has 2 amide bonds. The van der Waals surface area contributed by atoms with Crippen LogP contribution in [0.4, 0.5) is 4.79 Å². The fraction of sp³-hybridized carbons (Fsp3) is 0.444. The van der Waals surface area contributed by atoms with Crippen LogP contribution < -0.4 is 10.6 Å². The second-order valence-electron chi connectivity index (χ2n) is 9.13. The van der Waals surface area contributed by atoms with E-state index < -0.39 is 24.0 Å². The van der Waals surface area contributed by atoms with Gasteiger partial charge in [-0.25, -0.2) is 9.59 Å². The highest BCUT2D eigenvalue weighted by Gasteiger charge is 2.34. The third-order valence-corrected chi connectivity index (χ3v) is 7.02. The Bertz CT molecular complexity index is 1010. The Morgan fingerprint density at radius 2 is 1.59 bits per heavy atom. The maximum Gasteiger partial charge on any atom is 0.407 e. The molecule has 1 saturated carbocycles. The zero-order chi connectivity index (χ0) is 24.1. The van der Waals surface area contributed by atoms with Crippen LogP contribution in [0.2, 0.25) is 0 Å². The minimum absolute atomic E-state index is 0.0349.